The van der Waals surface area contributed by atoms with Gasteiger partial charge in [-0.2, -0.15) is 0 Å². The second-order valence-corrected chi connectivity index (χ2v) is 8.78. The van der Waals surface area contributed by atoms with Crippen LogP contribution < -0.4 is 15.4 Å². The molecule has 6 nitrogen and oxygen atoms in total. The molecule has 0 fully saturated rings. The molecule has 0 saturated heterocycles. The van der Waals surface area contributed by atoms with Gasteiger partial charge in [-0.3, -0.25) is 10.1 Å². The maximum Gasteiger partial charge on any atom is 0.250 e. The summed E-state index contributed by atoms with van der Waals surface area (Å²) in [5.74, 6) is -0.417. The summed E-state index contributed by atoms with van der Waals surface area (Å²) >= 11 is 11.1. The molecule has 0 spiro atoms. The molecular formula is C20H22ClN3O3S2. The van der Waals surface area contributed by atoms with E-state index in [0.29, 0.717) is 22.7 Å². The number of anilines is 1. The number of hydrogen-bond donors (Lipinski definition) is 3. The van der Waals surface area contributed by atoms with Crippen LogP contribution >= 0.6 is 23.8 Å². The van der Waals surface area contributed by atoms with Crippen LogP contribution in [0.1, 0.15) is 25.8 Å². The molecule has 0 heterocycles. The van der Waals surface area contributed by atoms with Gasteiger partial charge in [0, 0.05) is 22.8 Å². The number of amides is 1. The summed E-state index contributed by atoms with van der Waals surface area (Å²) in [6.45, 7) is 3.70. The Hall–Kier alpha value is -2.26. The van der Waals surface area contributed by atoms with Crippen LogP contribution in [-0.4, -0.2) is 25.5 Å². The van der Waals surface area contributed by atoms with Crippen molar-refractivity contribution in [3.05, 3.63) is 65.2 Å². The van der Waals surface area contributed by atoms with Gasteiger partial charge in [0.05, 0.1) is 4.90 Å². The maximum absolute atomic E-state index is 12.3. The van der Waals surface area contributed by atoms with Gasteiger partial charge in [-0.25, -0.2) is 13.1 Å². The molecule has 0 radical (unpaired) electrons. The Bertz CT molecular complexity index is 1010. The zero-order valence-electron chi connectivity index (χ0n) is 16.0. The third-order valence-corrected chi connectivity index (χ3v) is 6.10. The molecule has 0 aliphatic heterocycles. The average Bonchev–Trinajstić information content (AvgIpc) is 2.67. The summed E-state index contributed by atoms with van der Waals surface area (Å²) in [6, 6.07) is 13.1. The van der Waals surface area contributed by atoms with E-state index in [2.05, 4.69) is 15.4 Å². The predicted molar refractivity (Wildman–Crippen MR) is 121 cm³/mol. The zero-order chi connectivity index (χ0) is 21.4. The van der Waals surface area contributed by atoms with Crippen LogP contribution in [0.3, 0.4) is 0 Å². The zero-order valence-corrected chi connectivity index (χ0v) is 18.4. The maximum atomic E-state index is 12.3. The highest BCUT2D eigenvalue weighted by atomic mass is 35.5. The molecule has 0 saturated carbocycles. The molecule has 2 aromatic rings. The molecule has 1 atom stereocenters. The first-order chi connectivity index (χ1) is 13.7. The Morgan fingerprint density at radius 1 is 1.17 bits per heavy atom. The van der Waals surface area contributed by atoms with E-state index in [1.165, 1.54) is 18.2 Å². The summed E-state index contributed by atoms with van der Waals surface area (Å²) in [5.41, 5.74) is 1.26. The molecule has 2 rings (SSSR count). The molecule has 0 bridgehead atoms. The van der Waals surface area contributed by atoms with Crippen LogP contribution in [0.2, 0.25) is 5.02 Å². The van der Waals surface area contributed by atoms with Gasteiger partial charge >= 0.3 is 0 Å². The van der Waals surface area contributed by atoms with Crippen molar-refractivity contribution in [2.45, 2.75) is 31.2 Å². The third-order valence-electron chi connectivity index (χ3n) is 3.95. The molecule has 2 aromatic carbocycles. The van der Waals surface area contributed by atoms with Gasteiger partial charge in [-0.05, 0) is 67.5 Å². The minimum absolute atomic E-state index is 0.0899. The molecule has 154 valence electrons. The molecule has 1 unspecified atom stereocenters. The molecule has 0 aromatic heterocycles. The van der Waals surface area contributed by atoms with Crippen molar-refractivity contribution in [3.8, 4) is 0 Å². The van der Waals surface area contributed by atoms with Gasteiger partial charge in [-0.1, -0.05) is 36.7 Å². The van der Waals surface area contributed by atoms with Crippen molar-refractivity contribution < 1.29 is 13.2 Å². The summed E-state index contributed by atoms with van der Waals surface area (Å²) in [4.78, 5) is 12.1. The summed E-state index contributed by atoms with van der Waals surface area (Å²) in [5, 5.41) is 5.98. The van der Waals surface area contributed by atoms with E-state index in [0.717, 1.165) is 0 Å². The van der Waals surface area contributed by atoms with Crippen LogP contribution in [-0.2, 0) is 14.8 Å². The predicted octanol–water partition coefficient (Wildman–Crippen LogP) is 3.94. The van der Waals surface area contributed by atoms with Gasteiger partial charge in [-0.15, -0.1) is 0 Å². The number of rotatable bonds is 7. The van der Waals surface area contributed by atoms with Crippen LogP contribution in [0.25, 0.3) is 6.08 Å². The number of carbonyl (C=O) groups excluding carboxylic acids is 1. The van der Waals surface area contributed by atoms with Crippen molar-refractivity contribution in [1.82, 2.24) is 10.0 Å². The average molecular weight is 452 g/mol. The number of hydrogen-bond acceptors (Lipinski definition) is 4. The fourth-order valence-electron chi connectivity index (χ4n) is 2.23. The molecule has 0 aliphatic carbocycles. The Labute approximate surface area is 181 Å². The van der Waals surface area contributed by atoms with Gasteiger partial charge in [0.1, 0.15) is 0 Å². The molecule has 3 N–H and O–H groups in total. The van der Waals surface area contributed by atoms with E-state index < -0.39 is 15.9 Å². The Morgan fingerprint density at radius 2 is 1.83 bits per heavy atom. The minimum Gasteiger partial charge on any atom is -0.332 e. The van der Waals surface area contributed by atoms with Crippen molar-refractivity contribution in [1.29, 1.82) is 0 Å². The first kappa shape index (κ1) is 23.0. The number of carbonyl (C=O) groups is 1. The Kier molecular flexibility index (Phi) is 8.33. The van der Waals surface area contributed by atoms with Gasteiger partial charge in [0.2, 0.25) is 15.9 Å². The van der Waals surface area contributed by atoms with Crippen molar-refractivity contribution in [3.63, 3.8) is 0 Å². The highest BCUT2D eigenvalue weighted by Crippen LogP contribution is 2.16. The van der Waals surface area contributed by atoms with E-state index in [1.54, 1.807) is 43.3 Å². The van der Waals surface area contributed by atoms with Crippen LogP contribution in [0.4, 0.5) is 5.69 Å². The minimum atomic E-state index is -3.57. The first-order valence-electron chi connectivity index (χ1n) is 8.88. The van der Waals surface area contributed by atoms with Crippen molar-refractivity contribution >= 4 is 56.6 Å². The normalized spacial score (nSPS) is 12.5. The smallest absolute Gasteiger partial charge is 0.250 e. The number of halogens is 1. The summed E-state index contributed by atoms with van der Waals surface area (Å²) < 4.78 is 27.1. The van der Waals surface area contributed by atoms with Gasteiger partial charge < -0.3 is 5.32 Å². The molecule has 1 amide bonds. The lowest BCUT2D eigenvalue weighted by Gasteiger charge is -2.13. The fourth-order valence-corrected chi connectivity index (χ4v) is 3.97. The molecule has 9 heteroatoms. The SMILES string of the molecule is CCC(C)NS(=O)(=O)c1ccc(NC(=S)NC(=O)/C=C/c2ccccc2Cl)cc1. The third kappa shape index (κ3) is 7.25. The van der Waals surface area contributed by atoms with Crippen LogP contribution in [0, 0.1) is 0 Å². The highest BCUT2D eigenvalue weighted by molar-refractivity contribution is 7.89. The topological polar surface area (TPSA) is 87.3 Å². The van der Waals surface area contributed by atoms with Crippen molar-refractivity contribution in [2.24, 2.45) is 0 Å². The van der Waals surface area contributed by atoms with E-state index in [1.807, 2.05) is 13.0 Å². The monoisotopic (exact) mass is 451 g/mol. The highest BCUT2D eigenvalue weighted by Gasteiger charge is 2.16. The van der Waals surface area contributed by atoms with E-state index in [4.69, 9.17) is 23.8 Å². The van der Waals surface area contributed by atoms with Crippen molar-refractivity contribution in [2.75, 3.05) is 5.32 Å². The Balaban J connectivity index is 1.94. The molecule has 0 aliphatic rings. The van der Waals surface area contributed by atoms with Crippen LogP contribution in [0.5, 0.6) is 0 Å². The second kappa shape index (κ2) is 10.5. The van der Waals surface area contributed by atoms with E-state index in [-0.39, 0.29) is 16.0 Å². The standard InChI is InChI=1S/C20H22ClN3O3S2/c1-3-14(2)24-29(26,27)17-11-9-16(10-12-17)22-20(28)23-19(25)13-8-15-6-4-5-7-18(15)21/h4-14,24H,3H2,1-2H3,(H2,22,23,25,28)/b13-8+. The second-order valence-electron chi connectivity index (χ2n) is 6.25. The van der Waals surface area contributed by atoms with E-state index >= 15 is 0 Å². The van der Waals surface area contributed by atoms with Crippen LogP contribution in [0.15, 0.2) is 59.5 Å². The quantitative estimate of drug-likeness (QED) is 0.438. The first-order valence-corrected chi connectivity index (χ1v) is 11.1. The summed E-state index contributed by atoms with van der Waals surface area (Å²) in [7, 11) is -3.57. The number of nitrogens with one attached hydrogen (secondary N) is 3. The lowest BCUT2D eigenvalue weighted by molar-refractivity contribution is -0.115. The lowest BCUT2D eigenvalue weighted by atomic mass is 10.2. The van der Waals surface area contributed by atoms with Gasteiger partial charge in [0.25, 0.3) is 0 Å². The summed E-state index contributed by atoms with van der Waals surface area (Å²) in [6.07, 6.45) is 3.60. The largest absolute Gasteiger partial charge is 0.332 e. The molecular weight excluding hydrogens is 430 g/mol. The number of sulfonamides is 1. The number of benzene rings is 2. The fraction of sp³-hybridized carbons (Fsp3) is 0.200. The lowest BCUT2D eigenvalue weighted by Crippen LogP contribution is -2.33. The Morgan fingerprint density at radius 3 is 2.45 bits per heavy atom. The molecule has 29 heavy (non-hydrogen) atoms. The van der Waals surface area contributed by atoms with E-state index in [9.17, 15) is 13.2 Å². The number of thiocarbonyl (C=S) groups is 1. The van der Waals surface area contributed by atoms with Gasteiger partial charge in [0.15, 0.2) is 5.11 Å².